The lowest BCUT2D eigenvalue weighted by atomic mass is 10.3. The van der Waals surface area contributed by atoms with Crippen LogP contribution < -0.4 is 11.1 Å². The Kier molecular flexibility index (Phi) is 4.91. The SMILES string of the molecule is Nc1ncc(C(=O)NCCCN2CCOCC2)s1. The summed E-state index contributed by atoms with van der Waals surface area (Å²) in [6.45, 7) is 5.26. The largest absolute Gasteiger partial charge is 0.379 e. The topological polar surface area (TPSA) is 80.5 Å². The molecule has 1 amide bonds. The maximum absolute atomic E-state index is 11.7. The van der Waals surface area contributed by atoms with Gasteiger partial charge >= 0.3 is 0 Å². The van der Waals surface area contributed by atoms with Crippen LogP contribution in [-0.2, 0) is 4.74 Å². The first-order valence-corrected chi connectivity index (χ1v) is 6.87. The molecule has 0 aliphatic carbocycles. The third-order valence-electron chi connectivity index (χ3n) is 2.79. The second-order valence-corrected chi connectivity index (χ2v) is 5.19. The molecule has 18 heavy (non-hydrogen) atoms. The Morgan fingerprint density at radius 2 is 2.33 bits per heavy atom. The number of anilines is 1. The normalized spacial score (nSPS) is 16.7. The van der Waals surface area contributed by atoms with Crippen LogP contribution in [0, 0.1) is 0 Å². The maximum Gasteiger partial charge on any atom is 0.263 e. The summed E-state index contributed by atoms with van der Waals surface area (Å²) < 4.78 is 5.28. The van der Waals surface area contributed by atoms with Crippen LogP contribution in [0.5, 0.6) is 0 Å². The minimum Gasteiger partial charge on any atom is -0.379 e. The van der Waals surface area contributed by atoms with E-state index >= 15 is 0 Å². The molecule has 1 aliphatic rings. The summed E-state index contributed by atoms with van der Waals surface area (Å²) >= 11 is 1.21. The molecule has 2 heterocycles. The molecule has 0 atom stereocenters. The maximum atomic E-state index is 11.7. The fourth-order valence-corrected chi connectivity index (χ4v) is 2.41. The molecule has 1 aromatic heterocycles. The van der Waals surface area contributed by atoms with Gasteiger partial charge in [-0.3, -0.25) is 9.69 Å². The molecule has 1 saturated heterocycles. The summed E-state index contributed by atoms with van der Waals surface area (Å²) in [4.78, 5) is 18.4. The lowest BCUT2D eigenvalue weighted by molar-refractivity contribution is 0.0374. The Morgan fingerprint density at radius 1 is 1.56 bits per heavy atom. The number of nitrogens with one attached hydrogen (secondary N) is 1. The van der Waals surface area contributed by atoms with Gasteiger partial charge in [-0.25, -0.2) is 4.98 Å². The summed E-state index contributed by atoms with van der Waals surface area (Å²) in [6, 6.07) is 0. The van der Waals surface area contributed by atoms with Crippen molar-refractivity contribution in [1.82, 2.24) is 15.2 Å². The molecule has 1 aromatic rings. The quantitative estimate of drug-likeness (QED) is 0.746. The predicted octanol–water partition coefficient (Wildman–Crippen LogP) is 0.177. The molecule has 3 N–H and O–H groups in total. The van der Waals surface area contributed by atoms with Crippen LogP contribution in [0.4, 0.5) is 5.13 Å². The van der Waals surface area contributed by atoms with Crippen LogP contribution in [0.3, 0.4) is 0 Å². The van der Waals surface area contributed by atoms with Crippen LogP contribution in [-0.4, -0.2) is 55.2 Å². The third kappa shape index (κ3) is 3.94. The fourth-order valence-electron chi connectivity index (χ4n) is 1.81. The van der Waals surface area contributed by atoms with Crippen molar-refractivity contribution >= 4 is 22.4 Å². The molecule has 0 aromatic carbocycles. The van der Waals surface area contributed by atoms with Crippen LogP contribution in [0.25, 0.3) is 0 Å². The molecule has 1 aliphatic heterocycles. The first kappa shape index (κ1) is 13.3. The molecule has 0 unspecified atom stereocenters. The van der Waals surface area contributed by atoms with Crippen LogP contribution in [0.15, 0.2) is 6.20 Å². The standard InChI is InChI=1S/C11H18N4O2S/c12-11-14-8-9(18-11)10(16)13-2-1-3-15-4-6-17-7-5-15/h8H,1-7H2,(H2,12,14)(H,13,16). The van der Waals surface area contributed by atoms with Gasteiger partial charge in [-0.2, -0.15) is 0 Å². The van der Waals surface area contributed by atoms with Gasteiger partial charge in [-0.05, 0) is 13.0 Å². The molecule has 6 nitrogen and oxygen atoms in total. The van der Waals surface area contributed by atoms with E-state index in [0.717, 1.165) is 39.3 Å². The number of aromatic nitrogens is 1. The number of amides is 1. The van der Waals surface area contributed by atoms with Gasteiger partial charge in [0.1, 0.15) is 4.88 Å². The van der Waals surface area contributed by atoms with Crippen molar-refractivity contribution in [2.75, 3.05) is 45.1 Å². The Hall–Kier alpha value is -1.18. The smallest absolute Gasteiger partial charge is 0.263 e. The second kappa shape index (κ2) is 6.67. The third-order valence-corrected chi connectivity index (χ3v) is 3.61. The first-order valence-electron chi connectivity index (χ1n) is 6.05. The van der Waals surface area contributed by atoms with Gasteiger partial charge in [0.2, 0.25) is 0 Å². The van der Waals surface area contributed by atoms with Crippen LogP contribution in [0.2, 0.25) is 0 Å². The first-order chi connectivity index (χ1) is 8.75. The molecule has 0 spiro atoms. The van der Waals surface area contributed by atoms with E-state index in [9.17, 15) is 4.79 Å². The number of nitrogens with zero attached hydrogens (tertiary/aromatic N) is 2. The summed E-state index contributed by atoms with van der Waals surface area (Å²) in [5.41, 5.74) is 5.48. The van der Waals surface area contributed by atoms with Gasteiger partial charge in [0.05, 0.1) is 19.4 Å². The number of hydrogen-bond acceptors (Lipinski definition) is 6. The van der Waals surface area contributed by atoms with E-state index in [1.807, 2.05) is 0 Å². The second-order valence-electron chi connectivity index (χ2n) is 4.13. The molecule has 0 saturated carbocycles. The van der Waals surface area contributed by atoms with E-state index in [0.29, 0.717) is 16.6 Å². The van der Waals surface area contributed by atoms with Crippen molar-refractivity contribution in [2.45, 2.75) is 6.42 Å². The molecular weight excluding hydrogens is 252 g/mol. The highest BCUT2D eigenvalue weighted by atomic mass is 32.1. The highest BCUT2D eigenvalue weighted by Crippen LogP contribution is 2.13. The van der Waals surface area contributed by atoms with E-state index in [2.05, 4.69) is 15.2 Å². The molecular formula is C11H18N4O2S. The monoisotopic (exact) mass is 270 g/mol. The van der Waals surface area contributed by atoms with Gasteiger partial charge in [-0.15, -0.1) is 0 Å². The lowest BCUT2D eigenvalue weighted by Gasteiger charge is -2.26. The van der Waals surface area contributed by atoms with Gasteiger partial charge in [0.15, 0.2) is 5.13 Å². The van der Waals surface area contributed by atoms with E-state index in [1.54, 1.807) is 0 Å². The van der Waals surface area contributed by atoms with E-state index in [4.69, 9.17) is 10.5 Å². The molecule has 100 valence electrons. The molecule has 0 radical (unpaired) electrons. The number of carbonyl (C=O) groups excluding carboxylic acids is 1. The summed E-state index contributed by atoms with van der Waals surface area (Å²) in [7, 11) is 0. The number of thiazole rings is 1. The molecule has 1 fully saturated rings. The van der Waals surface area contributed by atoms with Crippen molar-refractivity contribution in [3.8, 4) is 0 Å². The Morgan fingerprint density at radius 3 is 3.00 bits per heavy atom. The predicted molar refractivity (Wildman–Crippen MR) is 70.7 cm³/mol. The summed E-state index contributed by atoms with van der Waals surface area (Å²) in [5, 5.41) is 3.29. The number of carbonyl (C=O) groups is 1. The van der Waals surface area contributed by atoms with Crippen molar-refractivity contribution in [3.63, 3.8) is 0 Å². The van der Waals surface area contributed by atoms with Crippen LogP contribution >= 0.6 is 11.3 Å². The van der Waals surface area contributed by atoms with Crippen molar-refractivity contribution in [1.29, 1.82) is 0 Å². The fraction of sp³-hybridized carbons (Fsp3) is 0.636. The van der Waals surface area contributed by atoms with Crippen molar-refractivity contribution < 1.29 is 9.53 Å². The van der Waals surface area contributed by atoms with Crippen molar-refractivity contribution in [2.24, 2.45) is 0 Å². The van der Waals surface area contributed by atoms with E-state index in [-0.39, 0.29) is 5.91 Å². The zero-order chi connectivity index (χ0) is 12.8. The van der Waals surface area contributed by atoms with Gasteiger partial charge < -0.3 is 15.8 Å². The minimum absolute atomic E-state index is 0.0915. The number of nitrogen functional groups attached to an aromatic ring is 1. The number of rotatable bonds is 5. The molecule has 2 rings (SSSR count). The number of ether oxygens (including phenoxy) is 1. The van der Waals surface area contributed by atoms with Gasteiger partial charge in [0, 0.05) is 19.6 Å². The average Bonchev–Trinajstić information content (AvgIpc) is 2.82. The van der Waals surface area contributed by atoms with Gasteiger partial charge in [-0.1, -0.05) is 11.3 Å². The van der Waals surface area contributed by atoms with Crippen LogP contribution in [0.1, 0.15) is 16.1 Å². The zero-order valence-corrected chi connectivity index (χ0v) is 11.0. The number of nitrogens with two attached hydrogens (primary N) is 1. The van der Waals surface area contributed by atoms with Crippen molar-refractivity contribution in [3.05, 3.63) is 11.1 Å². The summed E-state index contributed by atoms with van der Waals surface area (Å²) in [5.74, 6) is -0.0915. The highest BCUT2D eigenvalue weighted by Gasteiger charge is 2.11. The van der Waals surface area contributed by atoms with E-state index in [1.165, 1.54) is 17.5 Å². The Bertz CT molecular complexity index is 390. The van der Waals surface area contributed by atoms with Gasteiger partial charge in [0.25, 0.3) is 5.91 Å². The van der Waals surface area contributed by atoms with E-state index < -0.39 is 0 Å². The lowest BCUT2D eigenvalue weighted by Crippen LogP contribution is -2.38. The Labute approximate surface area is 110 Å². The average molecular weight is 270 g/mol. The minimum atomic E-state index is -0.0915. The number of morpholine rings is 1. The Balaban J connectivity index is 1.61. The molecule has 7 heteroatoms. The summed E-state index contributed by atoms with van der Waals surface area (Å²) in [6.07, 6.45) is 2.46. The zero-order valence-electron chi connectivity index (χ0n) is 10.2. The molecule has 0 bridgehead atoms. The number of hydrogen-bond donors (Lipinski definition) is 2. The highest BCUT2D eigenvalue weighted by molar-refractivity contribution is 7.17.